The van der Waals surface area contributed by atoms with Crippen molar-refractivity contribution in [2.24, 2.45) is 0 Å². The maximum atomic E-state index is 12.0. The average Bonchev–Trinajstić information content (AvgIpc) is 2.47. The molecule has 108 valence electrons. The molecule has 21 heavy (non-hydrogen) atoms. The number of carbonyl (C=O) groups excluding carboxylic acids is 1. The van der Waals surface area contributed by atoms with Crippen LogP contribution in [0.5, 0.6) is 0 Å². The Labute approximate surface area is 121 Å². The van der Waals surface area contributed by atoms with E-state index in [1.54, 1.807) is 12.4 Å². The van der Waals surface area contributed by atoms with Gasteiger partial charge in [0, 0.05) is 18.9 Å². The largest absolute Gasteiger partial charge is 0.393 e. The lowest BCUT2D eigenvalue weighted by Crippen LogP contribution is -2.26. The van der Waals surface area contributed by atoms with E-state index in [4.69, 9.17) is 5.73 Å². The Balaban J connectivity index is 2.04. The molecule has 0 aliphatic heterocycles. The van der Waals surface area contributed by atoms with E-state index in [-0.39, 0.29) is 16.9 Å². The summed E-state index contributed by atoms with van der Waals surface area (Å²) in [4.78, 5) is 26.3. The Bertz CT molecular complexity index is 659. The van der Waals surface area contributed by atoms with Gasteiger partial charge in [-0.15, -0.1) is 0 Å². The lowest BCUT2D eigenvalue weighted by atomic mass is 10.1. The third-order valence-corrected chi connectivity index (χ3v) is 2.94. The molecule has 1 aromatic carbocycles. The Morgan fingerprint density at radius 2 is 2.00 bits per heavy atom. The number of nitrogens with one attached hydrogen (secondary N) is 1. The first-order valence-corrected chi connectivity index (χ1v) is 6.29. The molecule has 0 aliphatic carbocycles. The van der Waals surface area contributed by atoms with Gasteiger partial charge in [0.2, 0.25) is 0 Å². The number of nitrogen functional groups attached to an aromatic ring is 1. The number of hydrogen-bond acceptors (Lipinski definition) is 5. The molecule has 1 amide bonds. The summed E-state index contributed by atoms with van der Waals surface area (Å²) in [6.45, 7) is 0.370. The Morgan fingerprint density at radius 1 is 1.29 bits per heavy atom. The summed E-state index contributed by atoms with van der Waals surface area (Å²) >= 11 is 0. The predicted octanol–water partition coefficient (Wildman–Crippen LogP) is 1.54. The van der Waals surface area contributed by atoms with E-state index in [1.165, 1.54) is 18.2 Å². The quantitative estimate of drug-likeness (QED) is 0.492. The number of anilines is 1. The predicted molar refractivity (Wildman–Crippen MR) is 77.8 cm³/mol. The first-order chi connectivity index (χ1) is 10.1. The van der Waals surface area contributed by atoms with Crippen molar-refractivity contribution in [3.05, 3.63) is 64.0 Å². The smallest absolute Gasteiger partial charge is 0.304 e. The molecule has 7 nitrogen and oxygen atoms in total. The lowest BCUT2D eigenvalue weighted by molar-refractivity contribution is -0.384. The monoisotopic (exact) mass is 286 g/mol. The second-order valence-corrected chi connectivity index (χ2v) is 4.36. The minimum absolute atomic E-state index is 0.0261. The third kappa shape index (κ3) is 3.53. The van der Waals surface area contributed by atoms with Gasteiger partial charge < -0.3 is 11.1 Å². The SMILES string of the molecule is Nc1cccc(C(=O)NCCc2ccncc2)c1[N+](=O)[O-]. The van der Waals surface area contributed by atoms with E-state index in [2.05, 4.69) is 10.3 Å². The summed E-state index contributed by atoms with van der Waals surface area (Å²) in [5, 5.41) is 13.6. The number of nitro benzene ring substituents is 1. The summed E-state index contributed by atoms with van der Waals surface area (Å²) in [6.07, 6.45) is 3.95. The van der Waals surface area contributed by atoms with Gasteiger partial charge in [-0.2, -0.15) is 0 Å². The molecule has 0 aliphatic rings. The number of nitrogens with zero attached hydrogens (tertiary/aromatic N) is 2. The van der Waals surface area contributed by atoms with Crippen LogP contribution < -0.4 is 11.1 Å². The van der Waals surface area contributed by atoms with Crippen molar-refractivity contribution in [3.63, 3.8) is 0 Å². The Kier molecular flexibility index (Phi) is 4.45. The number of para-hydroxylation sites is 1. The highest BCUT2D eigenvalue weighted by molar-refractivity contribution is 6.00. The van der Waals surface area contributed by atoms with Crippen LogP contribution in [0.3, 0.4) is 0 Å². The third-order valence-electron chi connectivity index (χ3n) is 2.94. The maximum absolute atomic E-state index is 12.0. The normalized spacial score (nSPS) is 10.1. The van der Waals surface area contributed by atoms with Crippen LogP contribution in [0.25, 0.3) is 0 Å². The summed E-state index contributed by atoms with van der Waals surface area (Å²) in [6, 6.07) is 7.98. The molecule has 0 bridgehead atoms. The van der Waals surface area contributed by atoms with E-state index >= 15 is 0 Å². The molecule has 3 N–H and O–H groups in total. The standard InChI is InChI=1S/C14H14N4O3/c15-12-3-1-2-11(13(12)18(20)21)14(19)17-9-6-10-4-7-16-8-5-10/h1-5,7-8H,6,9,15H2,(H,17,19). The molecule has 0 spiro atoms. The summed E-state index contributed by atoms with van der Waals surface area (Å²) in [5.74, 6) is -0.511. The van der Waals surface area contributed by atoms with Gasteiger partial charge in [-0.3, -0.25) is 19.9 Å². The van der Waals surface area contributed by atoms with Crippen LogP contribution in [0.15, 0.2) is 42.7 Å². The number of carbonyl (C=O) groups is 1. The summed E-state index contributed by atoms with van der Waals surface area (Å²) in [7, 11) is 0. The second-order valence-electron chi connectivity index (χ2n) is 4.36. The van der Waals surface area contributed by atoms with Crippen LogP contribution in [0.2, 0.25) is 0 Å². The molecule has 0 atom stereocenters. The number of rotatable bonds is 5. The van der Waals surface area contributed by atoms with Crippen molar-refractivity contribution < 1.29 is 9.72 Å². The zero-order chi connectivity index (χ0) is 15.2. The fourth-order valence-electron chi connectivity index (χ4n) is 1.91. The number of nitro groups is 1. The van der Waals surface area contributed by atoms with Gasteiger partial charge >= 0.3 is 5.69 Å². The van der Waals surface area contributed by atoms with Gasteiger partial charge in [0.15, 0.2) is 0 Å². The number of hydrogen-bond donors (Lipinski definition) is 2. The fourth-order valence-corrected chi connectivity index (χ4v) is 1.91. The minimum Gasteiger partial charge on any atom is -0.393 e. The molecule has 0 saturated carbocycles. The molecule has 7 heteroatoms. The number of aromatic nitrogens is 1. The van der Waals surface area contributed by atoms with Crippen LogP contribution in [0.1, 0.15) is 15.9 Å². The molecule has 1 aromatic heterocycles. The number of amides is 1. The number of benzene rings is 1. The van der Waals surface area contributed by atoms with Gasteiger partial charge in [-0.1, -0.05) is 6.07 Å². The van der Waals surface area contributed by atoms with Gasteiger partial charge in [0.25, 0.3) is 5.91 Å². The van der Waals surface area contributed by atoms with Crippen molar-refractivity contribution >= 4 is 17.3 Å². The fraction of sp³-hybridized carbons (Fsp3) is 0.143. The Morgan fingerprint density at radius 3 is 2.67 bits per heavy atom. The minimum atomic E-state index is -0.646. The average molecular weight is 286 g/mol. The highest BCUT2D eigenvalue weighted by atomic mass is 16.6. The molecular formula is C14H14N4O3. The van der Waals surface area contributed by atoms with Crippen LogP contribution >= 0.6 is 0 Å². The zero-order valence-corrected chi connectivity index (χ0v) is 11.2. The number of nitrogens with two attached hydrogens (primary N) is 1. The topological polar surface area (TPSA) is 111 Å². The molecular weight excluding hydrogens is 272 g/mol. The van der Waals surface area contributed by atoms with Gasteiger partial charge in [0.05, 0.1) is 4.92 Å². The molecule has 1 heterocycles. The van der Waals surface area contributed by atoms with Crippen molar-refractivity contribution in [2.75, 3.05) is 12.3 Å². The number of pyridine rings is 1. The van der Waals surface area contributed by atoms with Gasteiger partial charge in [-0.05, 0) is 36.2 Å². The van der Waals surface area contributed by atoms with E-state index in [1.807, 2.05) is 12.1 Å². The summed E-state index contributed by atoms with van der Waals surface area (Å²) in [5.41, 5.74) is 6.15. The van der Waals surface area contributed by atoms with E-state index in [0.29, 0.717) is 13.0 Å². The second kappa shape index (κ2) is 6.47. The molecule has 0 unspecified atom stereocenters. The van der Waals surface area contributed by atoms with E-state index in [9.17, 15) is 14.9 Å². The molecule has 0 radical (unpaired) electrons. The molecule has 2 rings (SSSR count). The molecule has 0 fully saturated rings. The van der Waals surface area contributed by atoms with Crippen LogP contribution in [0.4, 0.5) is 11.4 Å². The molecule has 2 aromatic rings. The molecule has 0 saturated heterocycles. The first kappa shape index (κ1) is 14.4. The van der Waals surface area contributed by atoms with Gasteiger partial charge in [0.1, 0.15) is 11.3 Å². The van der Waals surface area contributed by atoms with Crippen molar-refractivity contribution in [2.45, 2.75) is 6.42 Å². The van der Waals surface area contributed by atoms with Gasteiger partial charge in [-0.25, -0.2) is 0 Å². The highest BCUT2D eigenvalue weighted by Gasteiger charge is 2.22. The van der Waals surface area contributed by atoms with Crippen molar-refractivity contribution in [3.8, 4) is 0 Å². The van der Waals surface area contributed by atoms with Crippen LogP contribution in [-0.2, 0) is 6.42 Å². The summed E-state index contributed by atoms with van der Waals surface area (Å²) < 4.78 is 0. The first-order valence-electron chi connectivity index (χ1n) is 6.29. The Hall–Kier alpha value is -2.96. The van der Waals surface area contributed by atoms with Crippen LogP contribution in [-0.4, -0.2) is 22.4 Å². The lowest BCUT2D eigenvalue weighted by Gasteiger charge is -2.07. The van der Waals surface area contributed by atoms with Crippen molar-refractivity contribution in [1.29, 1.82) is 0 Å². The maximum Gasteiger partial charge on any atom is 0.304 e. The zero-order valence-electron chi connectivity index (χ0n) is 11.2. The van der Waals surface area contributed by atoms with E-state index < -0.39 is 10.8 Å². The van der Waals surface area contributed by atoms with Crippen molar-refractivity contribution in [1.82, 2.24) is 10.3 Å². The van der Waals surface area contributed by atoms with E-state index in [0.717, 1.165) is 5.56 Å². The highest BCUT2D eigenvalue weighted by Crippen LogP contribution is 2.25. The van der Waals surface area contributed by atoms with Crippen LogP contribution in [0, 0.1) is 10.1 Å².